The van der Waals surface area contributed by atoms with Gasteiger partial charge in [0.05, 0.1) is 30.8 Å². The molecule has 0 radical (unpaired) electrons. The minimum atomic E-state index is -1.21. The summed E-state index contributed by atoms with van der Waals surface area (Å²) in [6, 6.07) is 6.16. The third-order valence-electron chi connectivity index (χ3n) is 9.85. The molecule has 3 saturated heterocycles. The first-order chi connectivity index (χ1) is 20.6. The molecule has 2 bridgehead atoms. The zero-order valence-corrected chi connectivity index (χ0v) is 26.5. The molecule has 43 heavy (non-hydrogen) atoms. The summed E-state index contributed by atoms with van der Waals surface area (Å²) in [7, 11) is 0. The highest BCUT2D eigenvalue weighted by atomic mass is 16.6. The van der Waals surface area contributed by atoms with E-state index in [2.05, 4.69) is 31.9 Å². The standard InChI is InChI=1S/C34H49N3O6/c1-8-13-21-42-32(41)28-27-30(39)37(26(22-38)23(6)7)29(34(27)19-18-33(28,10-3)43-34)31(40)36(20-9-2)25-16-14-24(15-17-25)35(11-4)12-5/h8-9,14-17,23,26-29,38H,1-2,10-13,18-22H2,3-7H3/t26-,27-,28-,29?,33+,34?/m0/s1. The summed E-state index contributed by atoms with van der Waals surface area (Å²) in [6.45, 7) is 19.4. The fraction of sp³-hybridized carbons (Fsp3) is 0.618. The second-order valence-electron chi connectivity index (χ2n) is 12.2. The average molecular weight is 596 g/mol. The van der Waals surface area contributed by atoms with Crippen molar-refractivity contribution >= 4 is 29.2 Å². The van der Waals surface area contributed by atoms with Crippen LogP contribution in [0.5, 0.6) is 0 Å². The number of nitrogens with zero attached hydrogens (tertiary/aromatic N) is 3. The number of aliphatic hydroxyl groups excluding tert-OH is 1. The van der Waals surface area contributed by atoms with E-state index in [1.165, 1.54) is 4.90 Å². The molecule has 3 heterocycles. The van der Waals surface area contributed by atoms with Crippen LogP contribution in [0.4, 0.5) is 11.4 Å². The largest absolute Gasteiger partial charge is 0.465 e. The van der Waals surface area contributed by atoms with Crippen molar-refractivity contribution in [1.29, 1.82) is 0 Å². The number of carbonyl (C=O) groups is 3. The number of aliphatic hydroxyl groups is 1. The van der Waals surface area contributed by atoms with Crippen molar-refractivity contribution in [3.63, 3.8) is 0 Å². The molecule has 2 amide bonds. The van der Waals surface area contributed by atoms with Crippen LogP contribution in [0, 0.1) is 17.8 Å². The highest BCUT2D eigenvalue weighted by molar-refractivity contribution is 6.05. The summed E-state index contributed by atoms with van der Waals surface area (Å²) >= 11 is 0. The number of hydrogen-bond acceptors (Lipinski definition) is 7. The van der Waals surface area contributed by atoms with E-state index in [-0.39, 0.29) is 37.5 Å². The third-order valence-corrected chi connectivity index (χ3v) is 9.85. The molecule has 3 aliphatic heterocycles. The van der Waals surface area contributed by atoms with E-state index in [1.54, 1.807) is 17.1 Å². The number of rotatable bonds is 15. The first-order valence-corrected chi connectivity index (χ1v) is 15.8. The summed E-state index contributed by atoms with van der Waals surface area (Å²) in [5, 5.41) is 10.5. The fourth-order valence-corrected chi connectivity index (χ4v) is 7.64. The molecule has 4 rings (SSSR count). The number of ether oxygens (including phenoxy) is 2. The normalized spacial score (nSPS) is 28.1. The lowest BCUT2D eigenvalue weighted by atomic mass is 9.65. The molecule has 1 aromatic rings. The lowest BCUT2D eigenvalue weighted by Crippen LogP contribution is -2.60. The smallest absolute Gasteiger partial charge is 0.312 e. The van der Waals surface area contributed by atoms with Gasteiger partial charge in [-0.1, -0.05) is 32.9 Å². The number of anilines is 2. The van der Waals surface area contributed by atoms with E-state index in [9.17, 15) is 19.5 Å². The van der Waals surface area contributed by atoms with Crippen molar-refractivity contribution in [2.24, 2.45) is 17.8 Å². The second kappa shape index (κ2) is 13.2. The van der Waals surface area contributed by atoms with Crippen LogP contribution in [0.25, 0.3) is 0 Å². The van der Waals surface area contributed by atoms with E-state index in [0.717, 1.165) is 18.8 Å². The lowest BCUT2D eigenvalue weighted by molar-refractivity contribution is -0.162. The minimum Gasteiger partial charge on any atom is -0.465 e. The van der Waals surface area contributed by atoms with Gasteiger partial charge in [-0.25, -0.2) is 0 Å². The number of carbonyl (C=O) groups excluding carboxylic acids is 3. The number of benzene rings is 1. The van der Waals surface area contributed by atoms with Crippen LogP contribution in [0.2, 0.25) is 0 Å². The molecule has 1 N–H and O–H groups in total. The molecule has 6 atom stereocenters. The highest BCUT2D eigenvalue weighted by Crippen LogP contribution is 2.65. The minimum absolute atomic E-state index is 0.143. The van der Waals surface area contributed by atoms with Gasteiger partial charge in [0.1, 0.15) is 17.6 Å². The Morgan fingerprint density at radius 3 is 2.30 bits per heavy atom. The van der Waals surface area contributed by atoms with Crippen molar-refractivity contribution in [3.05, 3.63) is 49.6 Å². The zero-order chi connectivity index (χ0) is 31.5. The van der Waals surface area contributed by atoms with Gasteiger partial charge in [-0.3, -0.25) is 14.4 Å². The van der Waals surface area contributed by atoms with Crippen LogP contribution in [0.15, 0.2) is 49.6 Å². The van der Waals surface area contributed by atoms with E-state index in [0.29, 0.717) is 31.4 Å². The zero-order valence-electron chi connectivity index (χ0n) is 26.5. The molecule has 236 valence electrons. The van der Waals surface area contributed by atoms with Gasteiger partial charge in [0.2, 0.25) is 5.91 Å². The molecule has 3 fully saturated rings. The quantitative estimate of drug-likeness (QED) is 0.183. The molecule has 9 heteroatoms. The molecule has 2 unspecified atom stereocenters. The van der Waals surface area contributed by atoms with E-state index < -0.39 is 41.1 Å². The van der Waals surface area contributed by atoms with Crippen LogP contribution in [-0.2, 0) is 23.9 Å². The summed E-state index contributed by atoms with van der Waals surface area (Å²) in [4.78, 5) is 48.4. The topological polar surface area (TPSA) is 99.6 Å². The van der Waals surface area contributed by atoms with Crippen molar-refractivity contribution in [2.45, 2.75) is 83.6 Å². The van der Waals surface area contributed by atoms with Gasteiger partial charge in [0, 0.05) is 31.0 Å². The number of likely N-dealkylation sites (tertiary alicyclic amines) is 1. The lowest BCUT2D eigenvalue weighted by Gasteiger charge is -2.40. The summed E-state index contributed by atoms with van der Waals surface area (Å²) < 4.78 is 12.5. The second-order valence-corrected chi connectivity index (χ2v) is 12.2. The summed E-state index contributed by atoms with van der Waals surface area (Å²) in [6.07, 6.45) is 5.35. The molecule has 1 spiro atoms. The van der Waals surface area contributed by atoms with Crippen LogP contribution in [0.1, 0.15) is 60.3 Å². The number of fused-ring (bicyclic) bond motifs is 1. The molecule has 0 aliphatic carbocycles. The molecule has 3 aliphatic rings. The predicted octanol–water partition coefficient (Wildman–Crippen LogP) is 4.34. The van der Waals surface area contributed by atoms with E-state index >= 15 is 0 Å². The van der Waals surface area contributed by atoms with Crippen molar-refractivity contribution in [1.82, 2.24) is 4.90 Å². The molecule has 9 nitrogen and oxygen atoms in total. The molecule has 1 aromatic carbocycles. The van der Waals surface area contributed by atoms with Gasteiger partial charge >= 0.3 is 5.97 Å². The highest BCUT2D eigenvalue weighted by Gasteiger charge is 2.79. The van der Waals surface area contributed by atoms with Crippen LogP contribution >= 0.6 is 0 Å². The molecule has 0 saturated carbocycles. The fourth-order valence-electron chi connectivity index (χ4n) is 7.64. The predicted molar refractivity (Wildman–Crippen MR) is 168 cm³/mol. The van der Waals surface area contributed by atoms with E-state index in [4.69, 9.17) is 9.47 Å². The van der Waals surface area contributed by atoms with Gasteiger partial charge in [0.15, 0.2) is 0 Å². The Hall–Kier alpha value is -3.17. The van der Waals surface area contributed by atoms with Gasteiger partial charge < -0.3 is 29.3 Å². The van der Waals surface area contributed by atoms with Crippen LogP contribution < -0.4 is 9.80 Å². The Bertz CT molecular complexity index is 1200. The monoisotopic (exact) mass is 595 g/mol. The Morgan fingerprint density at radius 1 is 1.12 bits per heavy atom. The maximum Gasteiger partial charge on any atom is 0.312 e. The van der Waals surface area contributed by atoms with E-state index in [1.807, 2.05) is 45.0 Å². The average Bonchev–Trinajstić information content (AvgIpc) is 3.61. The summed E-state index contributed by atoms with van der Waals surface area (Å²) in [5.74, 6) is -2.97. The molecular weight excluding hydrogens is 546 g/mol. The van der Waals surface area contributed by atoms with Crippen LogP contribution in [-0.4, -0.2) is 83.9 Å². The Labute approximate surface area is 256 Å². The number of esters is 1. The van der Waals surface area contributed by atoms with Gasteiger partial charge in [-0.15, -0.1) is 13.2 Å². The first-order valence-electron chi connectivity index (χ1n) is 15.8. The summed E-state index contributed by atoms with van der Waals surface area (Å²) in [5.41, 5.74) is -0.375. The SMILES string of the molecule is C=CCCOC(=O)[C@@H]1[C@H]2C(=O)N([C@@H](CO)C(C)C)C(C(=O)N(CC=C)c3ccc(N(CC)CC)cc3)C23CC[C@@]1(CC)O3. The maximum atomic E-state index is 14.9. The third kappa shape index (κ3) is 5.39. The van der Waals surface area contributed by atoms with Gasteiger partial charge in [-0.2, -0.15) is 0 Å². The van der Waals surface area contributed by atoms with Crippen molar-refractivity contribution in [2.75, 3.05) is 42.6 Å². The Balaban J connectivity index is 1.81. The van der Waals surface area contributed by atoms with Crippen molar-refractivity contribution in [3.8, 4) is 0 Å². The maximum absolute atomic E-state index is 14.9. The van der Waals surface area contributed by atoms with Crippen molar-refractivity contribution < 1.29 is 29.0 Å². The molecule has 0 aromatic heterocycles. The Kier molecular flexibility index (Phi) is 10.1. The Morgan fingerprint density at radius 2 is 1.77 bits per heavy atom. The van der Waals surface area contributed by atoms with Gasteiger partial charge in [0.25, 0.3) is 5.91 Å². The number of amides is 2. The first kappa shape index (κ1) is 32.7. The van der Waals surface area contributed by atoms with Gasteiger partial charge in [-0.05, 0) is 69.7 Å². The number of hydrogen-bond donors (Lipinski definition) is 1. The van der Waals surface area contributed by atoms with Crippen LogP contribution in [0.3, 0.4) is 0 Å². The molecular formula is C34H49N3O6.